The largest absolute Gasteiger partial charge is 0.495 e. The number of nitrogens with zero attached hydrogens (tertiary/aromatic N) is 1. The summed E-state index contributed by atoms with van der Waals surface area (Å²) in [7, 11) is 1.23. The van der Waals surface area contributed by atoms with Crippen LogP contribution in [0.5, 0.6) is 5.75 Å². The van der Waals surface area contributed by atoms with Crippen molar-refractivity contribution >= 4 is 35.1 Å². The van der Waals surface area contributed by atoms with Gasteiger partial charge in [-0.2, -0.15) is 13.2 Å². The third kappa shape index (κ3) is 3.35. The smallest absolute Gasteiger partial charge is 0.440 e. The number of methoxy groups -OCH3 is 1. The highest BCUT2D eigenvalue weighted by Crippen LogP contribution is 2.38. The lowest BCUT2D eigenvalue weighted by Gasteiger charge is -2.30. The van der Waals surface area contributed by atoms with E-state index in [1.54, 1.807) is 10.6 Å². The first-order valence-corrected chi connectivity index (χ1v) is 8.43. The molecule has 152 valence electrons. The van der Waals surface area contributed by atoms with Crippen molar-refractivity contribution in [2.45, 2.75) is 11.8 Å². The van der Waals surface area contributed by atoms with Crippen molar-refractivity contribution in [2.24, 2.45) is 0 Å². The number of nitrogens with one attached hydrogen (secondary N) is 2. The van der Waals surface area contributed by atoms with Gasteiger partial charge in [0.2, 0.25) is 0 Å². The Morgan fingerprint density at radius 2 is 1.76 bits per heavy atom. The molecule has 0 bridgehead atoms. The fraction of sp³-hybridized carbons (Fsp3) is 0.167. The molecule has 2 aromatic rings. The monoisotopic (exact) mass is 427 g/mol. The van der Waals surface area contributed by atoms with Crippen molar-refractivity contribution in [2.75, 3.05) is 12.0 Å². The van der Waals surface area contributed by atoms with Gasteiger partial charge in [-0.25, -0.2) is 9.69 Å². The second-order valence-electron chi connectivity index (χ2n) is 5.92. The Hall–Kier alpha value is -3.27. The van der Waals surface area contributed by atoms with Crippen LogP contribution in [0, 0.1) is 0 Å². The zero-order valence-electron chi connectivity index (χ0n) is 14.7. The summed E-state index contributed by atoms with van der Waals surface area (Å²) in [6, 6.07) is 9.49. The highest BCUT2D eigenvalue weighted by molar-refractivity contribution is 6.34. The van der Waals surface area contributed by atoms with E-state index in [9.17, 15) is 27.6 Å². The highest BCUT2D eigenvalue weighted by Gasteiger charge is 2.69. The van der Waals surface area contributed by atoms with Gasteiger partial charge in [0.1, 0.15) is 5.75 Å². The van der Waals surface area contributed by atoms with Gasteiger partial charge < -0.3 is 10.1 Å². The molecule has 0 saturated carbocycles. The lowest BCUT2D eigenvalue weighted by Crippen LogP contribution is -2.69. The first-order valence-electron chi connectivity index (χ1n) is 8.06. The van der Waals surface area contributed by atoms with E-state index >= 15 is 0 Å². The predicted octanol–water partition coefficient (Wildman–Crippen LogP) is 3.09. The minimum absolute atomic E-state index is 0.00796. The lowest BCUT2D eigenvalue weighted by molar-refractivity contribution is -0.197. The quantitative estimate of drug-likeness (QED) is 0.734. The fourth-order valence-electron chi connectivity index (χ4n) is 2.79. The fourth-order valence-corrected chi connectivity index (χ4v) is 3.02. The van der Waals surface area contributed by atoms with Gasteiger partial charge in [0.25, 0.3) is 17.5 Å². The third-order valence-electron chi connectivity index (χ3n) is 4.19. The second kappa shape index (κ2) is 7.28. The number of benzene rings is 2. The Kier molecular flexibility index (Phi) is 5.14. The topological polar surface area (TPSA) is 87.7 Å². The van der Waals surface area contributed by atoms with Crippen molar-refractivity contribution in [3.63, 3.8) is 0 Å². The highest BCUT2D eigenvalue weighted by atomic mass is 35.5. The Morgan fingerprint density at radius 3 is 2.38 bits per heavy atom. The maximum Gasteiger partial charge on any atom is 0.440 e. The number of hydrogen-bond acceptors (Lipinski definition) is 4. The van der Waals surface area contributed by atoms with E-state index in [0.29, 0.717) is 0 Å². The van der Waals surface area contributed by atoms with Gasteiger partial charge in [-0.15, -0.1) is 0 Å². The maximum atomic E-state index is 13.9. The van der Waals surface area contributed by atoms with Crippen LogP contribution in [0.15, 0.2) is 48.5 Å². The molecular weight excluding hydrogens is 415 g/mol. The number of urea groups is 1. The van der Waals surface area contributed by atoms with Crippen LogP contribution >= 0.6 is 11.6 Å². The molecule has 29 heavy (non-hydrogen) atoms. The van der Waals surface area contributed by atoms with Crippen LogP contribution in [0.2, 0.25) is 5.02 Å². The van der Waals surface area contributed by atoms with Crippen LogP contribution in [0.1, 0.15) is 10.4 Å². The van der Waals surface area contributed by atoms with Gasteiger partial charge >= 0.3 is 12.2 Å². The molecule has 1 saturated heterocycles. The number of halogens is 4. The summed E-state index contributed by atoms with van der Waals surface area (Å²) in [6.45, 7) is 0. The third-order valence-corrected chi connectivity index (χ3v) is 4.52. The van der Waals surface area contributed by atoms with Crippen LogP contribution in [-0.2, 0) is 4.79 Å². The number of alkyl halides is 3. The first-order chi connectivity index (χ1) is 13.6. The van der Waals surface area contributed by atoms with Gasteiger partial charge in [-0.1, -0.05) is 35.9 Å². The molecule has 4 amide bonds. The summed E-state index contributed by atoms with van der Waals surface area (Å²) >= 11 is 5.85. The zero-order valence-corrected chi connectivity index (χ0v) is 15.5. The van der Waals surface area contributed by atoms with Gasteiger partial charge in [0, 0.05) is 0 Å². The van der Waals surface area contributed by atoms with Crippen molar-refractivity contribution in [1.82, 2.24) is 10.6 Å². The summed E-state index contributed by atoms with van der Waals surface area (Å²) < 4.78 is 46.9. The van der Waals surface area contributed by atoms with Crippen LogP contribution in [-0.4, -0.2) is 36.8 Å². The molecule has 1 fully saturated rings. The SMILES string of the molecule is COc1ccccc1N1C(=O)N[C@@](NC(=O)c2ccccc2Cl)(C(F)(F)F)C1=O. The molecule has 3 rings (SSSR count). The minimum Gasteiger partial charge on any atom is -0.495 e. The summed E-state index contributed by atoms with van der Waals surface area (Å²) in [6.07, 6.45) is -5.35. The molecule has 0 aromatic heterocycles. The van der Waals surface area contributed by atoms with E-state index < -0.39 is 29.7 Å². The number of ether oxygens (including phenoxy) is 1. The molecule has 7 nitrogen and oxygen atoms in total. The van der Waals surface area contributed by atoms with E-state index in [0.717, 1.165) is 0 Å². The number of carbonyl (C=O) groups excluding carboxylic acids is 3. The van der Waals surface area contributed by atoms with Gasteiger partial charge in [0.05, 0.1) is 23.4 Å². The van der Waals surface area contributed by atoms with E-state index in [4.69, 9.17) is 16.3 Å². The average molecular weight is 428 g/mol. The summed E-state index contributed by atoms with van der Waals surface area (Å²) in [5, 5.41) is 3.03. The van der Waals surface area contributed by atoms with Crippen molar-refractivity contribution < 1.29 is 32.3 Å². The van der Waals surface area contributed by atoms with Crippen LogP contribution in [0.25, 0.3) is 0 Å². The number of para-hydroxylation sites is 2. The van der Waals surface area contributed by atoms with Crippen molar-refractivity contribution in [1.29, 1.82) is 0 Å². The van der Waals surface area contributed by atoms with Crippen LogP contribution < -0.4 is 20.3 Å². The number of imide groups is 1. The lowest BCUT2D eigenvalue weighted by atomic mass is 10.1. The van der Waals surface area contributed by atoms with E-state index in [-0.39, 0.29) is 26.9 Å². The molecule has 2 aromatic carbocycles. The standard InChI is InChI=1S/C18H13ClF3N3O4/c1-29-13-9-5-4-8-12(13)25-15(27)17(18(20,21)22,24-16(25)28)23-14(26)10-6-2-3-7-11(10)19/h2-9H,1H3,(H,23,26)(H,24,28)/t17-/m1/s1. The molecule has 1 atom stereocenters. The Bertz CT molecular complexity index is 998. The molecule has 2 N–H and O–H groups in total. The predicted molar refractivity (Wildman–Crippen MR) is 96.7 cm³/mol. The summed E-state index contributed by atoms with van der Waals surface area (Å²) in [4.78, 5) is 37.9. The molecule has 11 heteroatoms. The Balaban J connectivity index is 2.06. The molecule has 0 aliphatic carbocycles. The zero-order chi connectivity index (χ0) is 21.4. The second-order valence-corrected chi connectivity index (χ2v) is 6.33. The molecule has 1 aliphatic rings. The molecule has 1 heterocycles. The van der Waals surface area contributed by atoms with Crippen molar-refractivity contribution in [3.8, 4) is 5.75 Å². The molecule has 0 unspecified atom stereocenters. The van der Waals surface area contributed by atoms with Gasteiger partial charge in [0.15, 0.2) is 0 Å². The Labute approximate surface area is 167 Å². The van der Waals surface area contributed by atoms with E-state index in [1.165, 1.54) is 55.6 Å². The Morgan fingerprint density at radius 1 is 1.14 bits per heavy atom. The number of carbonyl (C=O) groups is 3. The first kappa shape index (κ1) is 20.5. The molecular formula is C18H13ClF3N3O4. The van der Waals surface area contributed by atoms with Gasteiger partial charge in [-0.05, 0) is 24.3 Å². The van der Waals surface area contributed by atoms with Crippen molar-refractivity contribution in [3.05, 3.63) is 59.1 Å². The molecule has 1 aliphatic heterocycles. The number of rotatable bonds is 4. The van der Waals surface area contributed by atoms with Crippen LogP contribution in [0.4, 0.5) is 23.7 Å². The van der Waals surface area contributed by atoms with E-state index in [1.807, 2.05) is 0 Å². The van der Waals surface area contributed by atoms with Crippen LogP contribution in [0.3, 0.4) is 0 Å². The number of amides is 4. The maximum absolute atomic E-state index is 13.9. The number of hydrogen-bond donors (Lipinski definition) is 2. The summed E-state index contributed by atoms with van der Waals surface area (Å²) in [5.41, 5.74) is -4.19. The summed E-state index contributed by atoms with van der Waals surface area (Å²) in [5.74, 6) is -3.03. The van der Waals surface area contributed by atoms with E-state index in [2.05, 4.69) is 0 Å². The average Bonchev–Trinajstić information content (AvgIpc) is 2.92. The molecule has 0 spiro atoms. The van der Waals surface area contributed by atoms with Gasteiger partial charge in [-0.3, -0.25) is 14.9 Å². The minimum atomic E-state index is -5.35. The normalized spacial score (nSPS) is 19.1. The number of anilines is 1. The molecule has 0 radical (unpaired) electrons.